The second kappa shape index (κ2) is 6.06. The highest BCUT2D eigenvalue weighted by atomic mass is 32.2. The quantitative estimate of drug-likeness (QED) is 0.721. The number of nitrogens with zero attached hydrogens (tertiary/aromatic N) is 2. The Morgan fingerprint density at radius 3 is 2.54 bits per heavy atom. The van der Waals surface area contributed by atoms with E-state index in [1.54, 1.807) is 42.7 Å². The van der Waals surface area contributed by atoms with Crippen molar-refractivity contribution < 1.29 is 8.42 Å². The first-order chi connectivity index (χ1) is 11.7. The van der Waals surface area contributed by atoms with E-state index < -0.39 is 10.0 Å². The van der Waals surface area contributed by atoms with Gasteiger partial charge in [-0.05, 0) is 42.2 Å². The summed E-state index contributed by atoms with van der Waals surface area (Å²) in [7, 11) is -3.60. The van der Waals surface area contributed by atoms with E-state index in [4.69, 9.17) is 0 Å². The zero-order valence-corrected chi connectivity index (χ0v) is 14.2. The largest absolute Gasteiger partial charge is 0.268 e. The van der Waals surface area contributed by atoms with Crippen molar-refractivity contribution in [3.05, 3.63) is 60.4 Å². The summed E-state index contributed by atoms with van der Waals surface area (Å²) in [5.74, 6) is 0.644. The average molecular weight is 340 g/mol. The van der Waals surface area contributed by atoms with E-state index in [0.29, 0.717) is 16.3 Å². The van der Waals surface area contributed by atoms with Gasteiger partial charge in [0.15, 0.2) is 0 Å². The molecule has 0 radical (unpaired) electrons. The zero-order chi connectivity index (χ0) is 16.6. The van der Waals surface area contributed by atoms with Crippen molar-refractivity contribution in [1.29, 1.82) is 0 Å². The molecule has 3 aromatic rings. The van der Waals surface area contributed by atoms with Crippen molar-refractivity contribution in [1.82, 2.24) is 8.96 Å². The maximum atomic E-state index is 13.0. The van der Waals surface area contributed by atoms with Gasteiger partial charge in [-0.1, -0.05) is 43.9 Å². The molecule has 0 aliphatic heterocycles. The lowest BCUT2D eigenvalue weighted by Gasteiger charge is -2.07. The van der Waals surface area contributed by atoms with E-state index in [1.165, 1.54) is 29.7 Å². The van der Waals surface area contributed by atoms with Gasteiger partial charge in [0.2, 0.25) is 0 Å². The molecule has 0 spiro atoms. The van der Waals surface area contributed by atoms with Crippen molar-refractivity contribution in [2.45, 2.75) is 37.0 Å². The smallest absolute Gasteiger partial charge is 0.254 e. The van der Waals surface area contributed by atoms with Gasteiger partial charge >= 0.3 is 0 Å². The SMILES string of the molecule is O=S(=O)(c1ccccc1)n1cc(CC2CCCC2)c2ncccc21. The molecule has 5 heteroatoms. The van der Waals surface area contributed by atoms with Gasteiger partial charge in [0.1, 0.15) is 0 Å². The number of hydrogen-bond donors (Lipinski definition) is 0. The molecule has 4 nitrogen and oxygen atoms in total. The first-order valence-corrected chi connectivity index (χ1v) is 9.86. The molecule has 0 amide bonds. The van der Waals surface area contributed by atoms with Crippen LogP contribution in [0.5, 0.6) is 0 Å². The van der Waals surface area contributed by atoms with Crippen LogP contribution in [-0.4, -0.2) is 17.4 Å². The standard InChI is InChI=1S/C19H20N2O2S/c22-24(23,17-9-2-1-3-10-17)21-14-16(13-15-7-4-5-8-15)19-18(21)11-6-12-20-19/h1-3,6,9-12,14-15H,4-5,7-8,13H2. The summed E-state index contributed by atoms with van der Waals surface area (Å²) in [6, 6.07) is 12.2. The summed E-state index contributed by atoms with van der Waals surface area (Å²) in [4.78, 5) is 4.77. The Kier molecular flexibility index (Phi) is 3.88. The summed E-state index contributed by atoms with van der Waals surface area (Å²) in [6.07, 6.45) is 9.43. The van der Waals surface area contributed by atoms with Crippen molar-refractivity contribution in [3.63, 3.8) is 0 Å². The van der Waals surface area contributed by atoms with Crippen LogP contribution < -0.4 is 0 Å². The molecule has 0 bridgehead atoms. The van der Waals surface area contributed by atoms with Gasteiger partial charge in [-0.15, -0.1) is 0 Å². The molecule has 1 aliphatic carbocycles. The Balaban J connectivity index is 1.84. The second-order valence-electron chi connectivity index (χ2n) is 6.49. The van der Waals surface area contributed by atoms with Crippen LogP contribution in [0.25, 0.3) is 11.0 Å². The number of fused-ring (bicyclic) bond motifs is 1. The molecular formula is C19H20N2O2S. The molecule has 1 aromatic carbocycles. The van der Waals surface area contributed by atoms with Crippen LogP contribution in [0.1, 0.15) is 31.2 Å². The Morgan fingerprint density at radius 1 is 1.04 bits per heavy atom. The van der Waals surface area contributed by atoms with Crippen LogP contribution in [0.4, 0.5) is 0 Å². The highest BCUT2D eigenvalue weighted by Crippen LogP contribution is 2.32. The van der Waals surface area contributed by atoms with Gasteiger partial charge in [0.25, 0.3) is 10.0 Å². The first kappa shape index (κ1) is 15.4. The van der Waals surface area contributed by atoms with Gasteiger partial charge in [-0.25, -0.2) is 12.4 Å². The highest BCUT2D eigenvalue weighted by molar-refractivity contribution is 7.90. The Bertz CT molecular complexity index is 955. The van der Waals surface area contributed by atoms with Crippen molar-refractivity contribution in [2.75, 3.05) is 0 Å². The minimum absolute atomic E-state index is 0.304. The fourth-order valence-corrected chi connectivity index (χ4v) is 5.07. The summed E-state index contributed by atoms with van der Waals surface area (Å²) in [5.41, 5.74) is 2.51. The summed E-state index contributed by atoms with van der Waals surface area (Å²) in [6.45, 7) is 0. The number of pyridine rings is 1. The predicted molar refractivity (Wildman–Crippen MR) is 94.4 cm³/mol. The molecular weight excluding hydrogens is 320 g/mol. The fraction of sp³-hybridized carbons (Fsp3) is 0.316. The van der Waals surface area contributed by atoms with Crippen LogP contribution in [0.3, 0.4) is 0 Å². The third-order valence-electron chi connectivity index (χ3n) is 4.88. The van der Waals surface area contributed by atoms with Crippen molar-refractivity contribution in [2.24, 2.45) is 5.92 Å². The number of rotatable bonds is 4. The zero-order valence-electron chi connectivity index (χ0n) is 13.4. The first-order valence-electron chi connectivity index (χ1n) is 8.42. The molecule has 4 rings (SSSR count). The Morgan fingerprint density at radius 2 is 1.79 bits per heavy atom. The monoisotopic (exact) mass is 340 g/mol. The van der Waals surface area contributed by atoms with Crippen LogP contribution in [0, 0.1) is 5.92 Å². The minimum atomic E-state index is -3.60. The van der Waals surface area contributed by atoms with Crippen LogP contribution in [0.2, 0.25) is 0 Å². The van der Waals surface area contributed by atoms with Gasteiger partial charge in [-0.3, -0.25) is 4.98 Å². The predicted octanol–water partition coefficient (Wildman–Crippen LogP) is 4.01. The Hall–Kier alpha value is -2.14. The third-order valence-corrected chi connectivity index (χ3v) is 6.57. The Labute approximate surface area is 142 Å². The van der Waals surface area contributed by atoms with Crippen molar-refractivity contribution in [3.8, 4) is 0 Å². The van der Waals surface area contributed by atoms with E-state index in [9.17, 15) is 8.42 Å². The van der Waals surface area contributed by atoms with Crippen LogP contribution in [0.15, 0.2) is 59.8 Å². The van der Waals surface area contributed by atoms with Gasteiger partial charge in [-0.2, -0.15) is 0 Å². The number of benzene rings is 1. The second-order valence-corrected chi connectivity index (χ2v) is 8.31. The van der Waals surface area contributed by atoms with Gasteiger partial charge < -0.3 is 0 Å². The van der Waals surface area contributed by atoms with E-state index >= 15 is 0 Å². The fourth-order valence-electron chi connectivity index (χ4n) is 3.67. The van der Waals surface area contributed by atoms with E-state index in [2.05, 4.69) is 4.98 Å². The molecule has 0 unspecified atom stereocenters. The maximum Gasteiger partial charge on any atom is 0.268 e. The van der Waals surface area contributed by atoms with Gasteiger partial charge in [0.05, 0.1) is 15.9 Å². The maximum absolute atomic E-state index is 13.0. The average Bonchev–Trinajstić information content (AvgIpc) is 3.25. The molecule has 1 fully saturated rings. The summed E-state index contributed by atoms with van der Waals surface area (Å²) >= 11 is 0. The summed E-state index contributed by atoms with van der Waals surface area (Å²) < 4.78 is 27.5. The molecule has 124 valence electrons. The lowest BCUT2D eigenvalue weighted by atomic mass is 9.99. The van der Waals surface area contributed by atoms with E-state index in [0.717, 1.165) is 17.5 Å². The number of hydrogen-bond acceptors (Lipinski definition) is 3. The number of aromatic nitrogens is 2. The lowest BCUT2D eigenvalue weighted by Crippen LogP contribution is -2.11. The minimum Gasteiger partial charge on any atom is -0.254 e. The molecule has 24 heavy (non-hydrogen) atoms. The third kappa shape index (κ3) is 2.63. The molecule has 2 aromatic heterocycles. The highest BCUT2D eigenvalue weighted by Gasteiger charge is 2.23. The molecule has 1 saturated carbocycles. The summed E-state index contributed by atoms with van der Waals surface area (Å²) in [5, 5.41) is 0. The molecule has 0 N–H and O–H groups in total. The molecule has 0 saturated heterocycles. The molecule has 0 atom stereocenters. The van der Waals surface area contributed by atoms with Crippen molar-refractivity contribution >= 4 is 21.1 Å². The van der Waals surface area contributed by atoms with Crippen LogP contribution in [-0.2, 0) is 16.4 Å². The van der Waals surface area contributed by atoms with Gasteiger partial charge in [0, 0.05) is 12.4 Å². The topological polar surface area (TPSA) is 52.0 Å². The van der Waals surface area contributed by atoms with E-state index in [-0.39, 0.29) is 0 Å². The van der Waals surface area contributed by atoms with E-state index in [1.807, 2.05) is 12.1 Å². The normalized spacial score (nSPS) is 16.0. The lowest BCUT2D eigenvalue weighted by molar-refractivity contribution is 0.547. The molecule has 1 aliphatic rings. The van der Waals surface area contributed by atoms with Crippen LogP contribution >= 0.6 is 0 Å². The molecule has 2 heterocycles.